The number of rotatable bonds is 0. The minimum Gasteiger partial charge on any atom is -0.284 e. The van der Waals surface area contributed by atoms with Gasteiger partial charge in [-0.1, -0.05) is 0 Å². The molecule has 2 heterocycles. The van der Waals surface area contributed by atoms with Crippen LogP contribution < -0.4 is 5.32 Å². The van der Waals surface area contributed by atoms with Gasteiger partial charge in [-0.2, -0.15) is 0 Å². The third-order valence-electron chi connectivity index (χ3n) is 2.53. The molecule has 10 heavy (non-hydrogen) atoms. The number of nitrogens with zero attached hydrogens (tertiary/aromatic N) is 2. The topological polar surface area (TPSA) is 18.0 Å². The molecule has 3 nitrogen and oxygen atoms in total. The zero-order valence-electron chi connectivity index (χ0n) is 7.05. The van der Waals surface area contributed by atoms with Gasteiger partial charge in [0.25, 0.3) is 0 Å². The van der Waals surface area contributed by atoms with Gasteiger partial charge in [-0.05, 0) is 27.7 Å². The number of nitrogens with one attached hydrogen (secondary N) is 1. The first-order chi connectivity index (χ1) is 4.55. The average molecular weight is 141 g/mol. The van der Waals surface area contributed by atoms with E-state index in [0.717, 1.165) is 0 Å². The van der Waals surface area contributed by atoms with Crippen LogP contribution in [0.1, 0.15) is 27.7 Å². The van der Waals surface area contributed by atoms with E-state index in [1.807, 2.05) is 0 Å². The molecule has 0 aromatic rings. The summed E-state index contributed by atoms with van der Waals surface area (Å²) in [7, 11) is 0. The van der Waals surface area contributed by atoms with Crippen LogP contribution in [0.15, 0.2) is 0 Å². The van der Waals surface area contributed by atoms with Crippen molar-refractivity contribution in [2.45, 2.75) is 45.7 Å². The first-order valence-electron chi connectivity index (χ1n) is 3.90. The van der Waals surface area contributed by atoms with Crippen LogP contribution in [-0.2, 0) is 0 Å². The van der Waals surface area contributed by atoms with Crippen molar-refractivity contribution in [3.8, 4) is 0 Å². The molecule has 0 amide bonds. The van der Waals surface area contributed by atoms with Crippen LogP contribution in [0.5, 0.6) is 0 Å². The van der Waals surface area contributed by atoms with E-state index in [-0.39, 0.29) is 0 Å². The third-order valence-corrected chi connectivity index (χ3v) is 2.53. The molecule has 3 heteroatoms. The lowest BCUT2D eigenvalue weighted by atomic mass is 10.3. The van der Waals surface area contributed by atoms with Gasteiger partial charge in [-0.15, -0.1) is 0 Å². The summed E-state index contributed by atoms with van der Waals surface area (Å²) >= 11 is 0. The fourth-order valence-electron chi connectivity index (χ4n) is 2.23. The first-order valence-corrected chi connectivity index (χ1v) is 3.90. The summed E-state index contributed by atoms with van der Waals surface area (Å²) < 4.78 is 0. The van der Waals surface area contributed by atoms with E-state index in [1.54, 1.807) is 0 Å². The summed E-state index contributed by atoms with van der Waals surface area (Å²) in [5.41, 5.74) is 0.310. The van der Waals surface area contributed by atoms with Gasteiger partial charge in [0.05, 0.1) is 18.0 Å². The van der Waals surface area contributed by atoms with Crippen LogP contribution in [0, 0.1) is 0 Å². The quantitative estimate of drug-likeness (QED) is 0.497. The molecule has 1 N–H and O–H groups in total. The van der Waals surface area contributed by atoms with Crippen LogP contribution in [-0.4, -0.2) is 28.0 Å². The summed E-state index contributed by atoms with van der Waals surface area (Å²) in [6.07, 6.45) is 1.04. The molecule has 0 aromatic heterocycles. The predicted octanol–water partition coefficient (Wildman–Crippen LogP) is 0.550. The lowest BCUT2D eigenvalue weighted by Crippen LogP contribution is -2.39. The molecule has 2 aliphatic rings. The minimum atomic E-state index is 0.310. The average Bonchev–Trinajstić information content (AvgIpc) is 2.17. The van der Waals surface area contributed by atoms with Gasteiger partial charge in [-0.3, -0.25) is 5.32 Å². The standard InChI is InChI=1S/C7H15N3/c1-5-8-6(2)10-7(3,4)9(5)10/h5-6,8H,1-4H3. The molecule has 0 aromatic carbocycles. The maximum absolute atomic E-state index is 3.42. The van der Waals surface area contributed by atoms with Crippen molar-refractivity contribution in [1.29, 1.82) is 0 Å². The van der Waals surface area contributed by atoms with Gasteiger partial charge in [0.1, 0.15) is 0 Å². The maximum Gasteiger partial charge on any atom is 0.0985 e. The normalized spacial score (nSPS) is 56.4. The van der Waals surface area contributed by atoms with E-state index in [2.05, 4.69) is 43.0 Å². The van der Waals surface area contributed by atoms with Gasteiger partial charge >= 0.3 is 0 Å². The van der Waals surface area contributed by atoms with Crippen molar-refractivity contribution >= 4 is 0 Å². The molecular formula is C7H15N3. The molecule has 2 fully saturated rings. The molecule has 4 atom stereocenters. The fraction of sp³-hybridized carbons (Fsp3) is 1.00. The van der Waals surface area contributed by atoms with Crippen molar-refractivity contribution in [2.24, 2.45) is 0 Å². The van der Waals surface area contributed by atoms with E-state index in [0.29, 0.717) is 18.0 Å². The highest BCUT2D eigenvalue weighted by Crippen LogP contribution is 2.45. The summed E-state index contributed by atoms with van der Waals surface area (Å²) in [6, 6.07) is 0. The number of hydrazine groups is 1. The minimum absolute atomic E-state index is 0.310. The van der Waals surface area contributed by atoms with E-state index >= 15 is 0 Å². The lowest BCUT2D eigenvalue weighted by Gasteiger charge is -2.16. The molecule has 4 unspecified atom stereocenters. The maximum atomic E-state index is 3.42. The van der Waals surface area contributed by atoms with Crippen LogP contribution in [0.4, 0.5) is 0 Å². The Morgan fingerprint density at radius 1 is 1.10 bits per heavy atom. The number of fused-ring (bicyclic) bond motifs is 1. The number of hydrogen-bond acceptors (Lipinski definition) is 3. The second kappa shape index (κ2) is 1.55. The van der Waals surface area contributed by atoms with Crippen molar-refractivity contribution in [1.82, 2.24) is 15.3 Å². The summed E-state index contributed by atoms with van der Waals surface area (Å²) in [5.74, 6) is 0. The van der Waals surface area contributed by atoms with E-state index < -0.39 is 0 Å². The highest BCUT2D eigenvalue weighted by molar-refractivity contribution is 5.02. The predicted molar refractivity (Wildman–Crippen MR) is 39.8 cm³/mol. The molecule has 0 aliphatic carbocycles. The Kier molecular flexibility index (Phi) is 1.02. The summed E-state index contributed by atoms with van der Waals surface area (Å²) in [5, 5.41) is 8.17. The highest BCUT2D eigenvalue weighted by atomic mass is 16.0. The zero-order valence-corrected chi connectivity index (χ0v) is 7.05. The largest absolute Gasteiger partial charge is 0.284 e. The summed E-state index contributed by atoms with van der Waals surface area (Å²) in [4.78, 5) is 0. The molecule has 0 saturated carbocycles. The second-order valence-electron chi connectivity index (χ2n) is 3.70. The van der Waals surface area contributed by atoms with Crippen molar-refractivity contribution < 1.29 is 0 Å². The molecular weight excluding hydrogens is 126 g/mol. The number of hydrogen-bond donors (Lipinski definition) is 1. The van der Waals surface area contributed by atoms with Crippen molar-refractivity contribution in [3.63, 3.8) is 0 Å². The molecule has 0 radical (unpaired) electrons. The fourth-order valence-corrected chi connectivity index (χ4v) is 2.23. The van der Waals surface area contributed by atoms with Gasteiger partial charge in [0.2, 0.25) is 0 Å². The van der Waals surface area contributed by atoms with Crippen LogP contribution in [0.25, 0.3) is 0 Å². The molecule has 0 spiro atoms. The van der Waals surface area contributed by atoms with E-state index in [1.165, 1.54) is 0 Å². The van der Waals surface area contributed by atoms with Gasteiger partial charge in [0.15, 0.2) is 0 Å². The zero-order chi connectivity index (χ0) is 7.52. The molecule has 0 bridgehead atoms. The Labute approximate surface area is 62.0 Å². The van der Waals surface area contributed by atoms with Gasteiger partial charge < -0.3 is 0 Å². The van der Waals surface area contributed by atoms with Crippen molar-refractivity contribution in [3.05, 3.63) is 0 Å². The second-order valence-corrected chi connectivity index (χ2v) is 3.70. The third kappa shape index (κ3) is 0.557. The summed E-state index contributed by atoms with van der Waals surface area (Å²) in [6.45, 7) is 8.90. The molecule has 2 aliphatic heterocycles. The van der Waals surface area contributed by atoms with Crippen LogP contribution in [0.2, 0.25) is 0 Å². The Morgan fingerprint density at radius 2 is 1.50 bits per heavy atom. The highest BCUT2D eigenvalue weighted by Gasteiger charge is 2.62. The molecule has 2 rings (SSSR count). The smallest absolute Gasteiger partial charge is 0.0985 e. The van der Waals surface area contributed by atoms with E-state index in [4.69, 9.17) is 0 Å². The lowest BCUT2D eigenvalue weighted by molar-refractivity contribution is 0.326. The monoisotopic (exact) mass is 141 g/mol. The molecule has 2 saturated heterocycles. The SMILES string of the molecule is CC1NC(C)N2N1C2(C)C. The first kappa shape index (κ1) is 6.58. The van der Waals surface area contributed by atoms with Crippen LogP contribution in [0.3, 0.4) is 0 Å². The Morgan fingerprint density at radius 3 is 1.70 bits per heavy atom. The Balaban J connectivity index is 2.18. The van der Waals surface area contributed by atoms with Gasteiger partial charge in [-0.25, -0.2) is 10.0 Å². The van der Waals surface area contributed by atoms with Crippen LogP contribution >= 0.6 is 0 Å². The van der Waals surface area contributed by atoms with E-state index in [9.17, 15) is 0 Å². The van der Waals surface area contributed by atoms with Crippen molar-refractivity contribution in [2.75, 3.05) is 0 Å². The Bertz CT molecular complexity index is 150. The molecule has 58 valence electrons. The van der Waals surface area contributed by atoms with Gasteiger partial charge in [0, 0.05) is 0 Å². The Hall–Kier alpha value is -0.120.